The van der Waals surface area contributed by atoms with Crippen molar-refractivity contribution in [3.63, 3.8) is 0 Å². The molecule has 20 heavy (non-hydrogen) atoms. The van der Waals surface area contributed by atoms with Crippen molar-refractivity contribution in [2.24, 2.45) is 0 Å². The van der Waals surface area contributed by atoms with Crippen molar-refractivity contribution in [3.05, 3.63) is 59.7 Å². The van der Waals surface area contributed by atoms with Crippen LogP contribution in [-0.2, 0) is 6.61 Å². The maximum absolute atomic E-state index is 9.29. The maximum atomic E-state index is 9.29. The zero-order valence-electron chi connectivity index (χ0n) is 11.7. The maximum Gasteiger partial charge on any atom is 0.127 e. The van der Waals surface area contributed by atoms with Crippen LogP contribution in [0.3, 0.4) is 0 Å². The van der Waals surface area contributed by atoms with Gasteiger partial charge in [-0.25, -0.2) is 0 Å². The Morgan fingerprint density at radius 2 is 1.65 bits per heavy atom. The number of aliphatic hydroxyl groups is 1. The smallest absolute Gasteiger partial charge is 0.127 e. The second kappa shape index (κ2) is 7.56. The Balaban J connectivity index is 1.76. The van der Waals surface area contributed by atoms with Crippen molar-refractivity contribution in [2.45, 2.75) is 20.0 Å². The van der Waals surface area contributed by atoms with Gasteiger partial charge in [0, 0.05) is 12.0 Å². The molecule has 0 aliphatic rings. The van der Waals surface area contributed by atoms with Crippen LogP contribution in [-0.4, -0.2) is 18.3 Å². The Bertz CT molecular complexity index is 523. The van der Waals surface area contributed by atoms with Crippen molar-refractivity contribution in [1.29, 1.82) is 0 Å². The van der Waals surface area contributed by atoms with E-state index in [2.05, 4.69) is 0 Å². The summed E-state index contributed by atoms with van der Waals surface area (Å²) in [4.78, 5) is 0. The Morgan fingerprint density at radius 3 is 2.40 bits per heavy atom. The van der Waals surface area contributed by atoms with Crippen LogP contribution in [0, 0.1) is 6.92 Å². The Kier molecular flexibility index (Phi) is 5.44. The van der Waals surface area contributed by atoms with Gasteiger partial charge < -0.3 is 14.6 Å². The van der Waals surface area contributed by atoms with Crippen molar-refractivity contribution in [1.82, 2.24) is 0 Å². The van der Waals surface area contributed by atoms with E-state index in [0.29, 0.717) is 13.2 Å². The molecule has 0 unspecified atom stereocenters. The lowest BCUT2D eigenvalue weighted by Crippen LogP contribution is -2.07. The predicted molar refractivity (Wildman–Crippen MR) is 79.2 cm³/mol. The fraction of sp³-hybridized carbons (Fsp3) is 0.294. The van der Waals surface area contributed by atoms with Crippen LogP contribution >= 0.6 is 0 Å². The molecule has 0 radical (unpaired) electrons. The number of hydrogen-bond donors (Lipinski definition) is 1. The zero-order chi connectivity index (χ0) is 14.2. The molecule has 0 atom stereocenters. The van der Waals surface area contributed by atoms with E-state index in [9.17, 15) is 5.11 Å². The normalized spacial score (nSPS) is 10.3. The number of aliphatic hydroxyl groups excluding tert-OH is 1. The molecule has 0 saturated carbocycles. The second-order valence-corrected chi connectivity index (χ2v) is 4.58. The van der Waals surface area contributed by atoms with Gasteiger partial charge in [-0.3, -0.25) is 0 Å². The molecule has 2 rings (SSSR count). The van der Waals surface area contributed by atoms with Gasteiger partial charge in [-0.1, -0.05) is 36.4 Å². The van der Waals surface area contributed by atoms with Gasteiger partial charge in [-0.15, -0.1) is 0 Å². The van der Waals surface area contributed by atoms with Gasteiger partial charge in [-0.2, -0.15) is 0 Å². The number of hydrogen-bond acceptors (Lipinski definition) is 3. The molecule has 0 aliphatic carbocycles. The molecule has 0 aromatic heterocycles. The quantitative estimate of drug-likeness (QED) is 0.786. The lowest BCUT2D eigenvalue weighted by molar-refractivity contribution is 0.235. The van der Waals surface area contributed by atoms with Gasteiger partial charge >= 0.3 is 0 Å². The lowest BCUT2D eigenvalue weighted by Gasteiger charge is -2.13. The van der Waals surface area contributed by atoms with Crippen LogP contribution < -0.4 is 9.47 Å². The van der Waals surface area contributed by atoms with Crippen molar-refractivity contribution in [2.75, 3.05) is 13.2 Å². The first-order valence-corrected chi connectivity index (χ1v) is 6.81. The average molecular weight is 272 g/mol. The van der Waals surface area contributed by atoms with Crippen LogP contribution in [0.25, 0.3) is 0 Å². The summed E-state index contributed by atoms with van der Waals surface area (Å²) in [7, 11) is 0. The SMILES string of the molecule is Cc1cccc(CO)c1OCCCOc1ccccc1. The Labute approximate surface area is 119 Å². The molecule has 2 aromatic carbocycles. The van der Waals surface area contributed by atoms with Gasteiger partial charge in [0.15, 0.2) is 0 Å². The van der Waals surface area contributed by atoms with E-state index in [0.717, 1.165) is 29.0 Å². The molecule has 2 aromatic rings. The fourth-order valence-electron chi connectivity index (χ4n) is 1.98. The summed E-state index contributed by atoms with van der Waals surface area (Å²) in [6.45, 7) is 3.17. The summed E-state index contributed by atoms with van der Waals surface area (Å²) in [6.07, 6.45) is 0.800. The van der Waals surface area contributed by atoms with Crippen molar-refractivity contribution >= 4 is 0 Å². The predicted octanol–water partition coefficient (Wildman–Crippen LogP) is 3.34. The first kappa shape index (κ1) is 14.4. The number of rotatable bonds is 7. The van der Waals surface area contributed by atoms with Gasteiger partial charge in [-0.05, 0) is 24.6 Å². The molecular weight excluding hydrogens is 252 g/mol. The summed E-state index contributed by atoms with van der Waals surface area (Å²) in [5, 5.41) is 9.29. The molecule has 106 valence electrons. The minimum Gasteiger partial charge on any atom is -0.493 e. The van der Waals surface area contributed by atoms with E-state index in [1.54, 1.807) is 0 Å². The van der Waals surface area contributed by atoms with Crippen LogP contribution in [0.15, 0.2) is 48.5 Å². The highest BCUT2D eigenvalue weighted by Gasteiger charge is 2.05. The first-order chi connectivity index (χ1) is 9.81. The molecule has 0 aliphatic heterocycles. The monoisotopic (exact) mass is 272 g/mol. The average Bonchev–Trinajstić information content (AvgIpc) is 2.49. The highest BCUT2D eigenvalue weighted by atomic mass is 16.5. The molecule has 0 heterocycles. The van der Waals surface area contributed by atoms with Crippen molar-refractivity contribution in [3.8, 4) is 11.5 Å². The van der Waals surface area contributed by atoms with Crippen LogP contribution in [0.5, 0.6) is 11.5 Å². The molecule has 3 heteroatoms. The number of benzene rings is 2. The first-order valence-electron chi connectivity index (χ1n) is 6.81. The van der Waals surface area contributed by atoms with E-state index in [1.165, 1.54) is 0 Å². The number of ether oxygens (including phenoxy) is 2. The lowest BCUT2D eigenvalue weighted by atomic mass is 10.1. The standard InChI is InChI=1S/C17H20O3/c1-14-7-5-8-15(13-18)17(14)20-12-6-11-19-16-9-3-2-4-10-16/h2-5,7-10,18H,6,11-13H2,1H3. The molecule has 0 spiro atoms. The third kappa shape index (κ3) is 4.00. The second-order valence-electron chi connectivity index (χ2n) is 4.58. The molecule has 0 fully saturated rings. The minimum atomic E-state index is -0.00245. The minimum absolute atomic E-state index is 0.00245. The van der Waals surface area contributed by atoms with Crippen molar-refractivity contribution < 1.29 is 14.6 Å². The fourth-order valence-corrected chi connectivity index (χ4v) is 1.98. The molecular formula is C17H20O3. The molecule has 0 saturated heterocycles. The van der Waals surface area contributed by atoms with E-state index in [1.807, 2.05) is 55.5 Å². The third-order valence-corrected chi connectivity index (χ3v) is 3.01. The Morgan fingerprint density at radius 1 is 0.900 bits per heavy atom. The molecule has 3 nitrogen and oxygen atoms in total. The summed E-state index contributed by atoms with van der Waals surface area (Å²) in [6, 6.07) is 15.5. The number of aryl methyl sites for hydroxylation is 1. The summed E-state index contributed by atoms with van der Waals surface area (Å²) >= 11 is 0. The highest BCUT2D eigenvalue weighted by Crippen LogP contribution is 2.23. The van der Waals surface area contributed by atoms with E-state index >= 15 is 0 Å². The largest absolute Gasteiger partial charge is 0.493 e. The Hall–Kier alpha value is -2.00. The van der Waals surface area contributed by atoms with Crippen LogP contribution in [0.4, 0.5) is 0 Å². The molecule has 0 amide bonds. The summed E-state index contributed by atoms with van der Waals surface area (Å²) < 4.78 is 11.4. The topological polar surface area (TPSA) is 38.7 Å². The van der Waals surface area contributed by atoms with Gasteiger partial charge in [0.25, 0.3) is 0 Å². The van der Waals surface area contributed by atoms with Crippen LogP contribution in [0.2, 0.25) is 0 Å². The highest BCUT2D eigenvalue weighted by molar-refractivity contribution is 5.40. The third-order valence-electron chi connectivity index (χ3n) is 3.01. The van der Waals surface area contributed by atoms with Gasteiger partial charge in [0.1, 0.15) is 11.5 Å². The van der Waals surface area contributed by atoms with E-state index in [-0.39, 0.29) is 6.61 Å². The van der Waals surface area contributed by atoms with Gasteiger partial charge in [0.05, 0.1) is 19.8 Å². The van der Waals surface area contributed by atoms with Crippen LogP contribution in [0.1, 0.15) is 17.5 Å². The summed E-state index contributed by atoms with van der Waals surface area (Å²) in [5.41, 5.74) is 1.87. The molecule has 0 bridgehead atoms. The van der Waals surface area contributed by atoms with Gasteiger partial charge in [0.2, 0.25) is 0 Å². The van der Waals surface area contributed by atoms with E-state index < -0.39 is 0 Å². The number of para-hydroxylation sites is 2. The summed E-state index contributed by atoms with van der Waals surface area (Å²) in [5.74, 6) is 1.66. The van der Waals surface area contributed by atoms with E-state index in [4.69, 9.17) is 9.47 Å². The zero-order valence-corrected chi connectivity index (χ0v) is 11.7. The molecule has 1 N–H and O–H groups in total.